The predicted molar refractivity (Wildman–Crippen MR) is 93.8 cm³/mol. The third-order valence-corrected chi connectivity index (χ3v) is 4.26. The Bertz CT molecular complexity index is 457. The molecule has 0 atom stereocenters. The number of carbonyl (C=O) groups excluding carboxylic acids is 1. The zero-order valence-corrected chi connectivity index (χ0v) is 15.0. The Balaban J connectivity index is 0.000000322. The molecular formula is C18H28ClNO3. The second-order valence-electron chi connectivity index (χ2n) is 6.84. The Hall–Kier alpha value is -1.10. The van der Waals surface area contributed by atoms with Crippen LogP contribution in [0.4, 0.5) is 0 Å². The van der Waals surface area contributed by atoms with Crippen LogP contribution in [-0.2, 0) is 14.9 Å². The normalized spacial score (nSPS) is 16.9. The summed E-state index contributed by atoms with van der Waals surface area (Å²) in [5, 5.41) is 13.4. The number of aliphatic hydroxyl groups is 1. The lowest BCUT2D eigenvalue weighted by molar-refractivity contribution is -0.138. The maximum atomic E-state index is 9.60. The van der Waals surface area contributed by atoms with Gasteiger partial charge in [0.25, 0.3) is 6.47 Å². The topological polar surface area (TPSA) is 58.6 Å². The van der Waals surface area contributed by atoms with E-state index >= 15 is 0 Å². The first-order valence-electron chi connectivity index (χ1n) is 8.02. The monoisotopic (exact) mass is 341 g/mol. The van der Waals surface area contributed by atoms with Gasteiger partial charge in [0.1, 0.15) is 5.60 Å². The van der Waals surface area contributed by atoms with Gasteiger partial charge in [0.15, 0.2) is 0 Å². The molecule has 1 aliphatic rings. The summed E-state index contributed by atoms with van der Waals surface area (Å²) in [6, 6.07) is 8.09. The molecule has 130 valence electrons. The van der Waals surface area contributed by atoms with E-state index in [-0.39, 0.29) is 17.6 Å². The fourth-order valence-electron chi connectivity index (χ4n) is 2.75. The number of carbonyl (C=O) groups is 1. The van der Waals surface area contributed by atoms with Gasteiger partial charge in [-0.25, -0.2) is 0 Å². The van der Waals surface area contributed by atoms with E-state index in [2.05, 4.69) is 22.2 Å². The van der Waals surface area contributed by atoms with Crippen LogP contribution in [0.25, 0.3) is 0 Å². The Morgan fingerprint density at radius 1 is 1.26 bits per heavy atom. The summed E-state index contributed by atoms with van der Waals surface area (Å²) in [4.78, 5) is 9.60. The van der Waals surface area contributed by atoms with E-state index in [1.54, 1.807) is 0 Å². The van der Waals surface area contributed by atoms with Crippen molar-refractivity contribution in [3.63, 3.8) is 0 Å². The third kappa shape index (κ3) is 6.90. The molecule has 0 spiro atoms. The molecule has 1 saturated heterocycles. The molecule has 1 heterocycles. The number of piperidine rings is 1. The van der Waals surface area contributed by atoms with Crippen molar-refractivity contribution >= 4 is 18.1 Å². The standard InChI is InChI=1S/C13H18ClNO.C5H10O2/c14-12-3-1-11(2-4-12)13(7-10-16)5-8-15-9-6-13;1-5(2,3)7-4-6/h1-4,15-16H,5-10H2;4H,1-3H3. The molecule has 4 nitrogen and oxygen atoms in total. The minimum Gasteiger partial charge on any atom is -0.462 e. The Labute approximate surface area is 144 Å². The summed E-state index contributed by atoms with van der Waals surface area (Å²) >= 11 is 5.91. The van der Waals surface area contributed by atoms with Crippen molar-refractivity contribution in [2.75, 3.05) is 19.7 Å². The molecule has 2 rings (SSSR count). The fourth-order valence-corrected chi connectivity index (χ4v) is 2.88. The molecule has 0 aliphatic carbocycles. The maximum Gasteiger partial charge on any atom is 0.293 e. The highest BCUT2D eigenvalue weighted by molar-refractivity contribution is 6.30. The van der Waals surface area contributed by atoms with Gasteiger partial charge in [0, 0.05) is 11.6 Å². The van der Waals surface area contributed by atoms with E-state index in [0.29, 0.717) is 6.47 Å². The fraction of sp³-hybridized carbons (Fsp3) is 0.611. The highest BCUT2D eigenvalue weighted by atomic mass is 35.5. The molecular weight excluding hydrogens is 314 g/mol. The van der Waals surface area contributed by atoms with Gasteiger partial charge in [-0.3, -0.25) is 4.79 Å². The first-order chi connectivity index (χ1) is 10.8. The predicted octanol–water partition coefficient (Wildman–Crippen LogP) is 3.30. The van der Waals surface area contributed by atoms with E-state index < -0.39 is 0 Å². The van der Waals surface area contributed by atoms with E-state index in [9.17, 15) is 9.90 Å². The molecule has 1 aromatic carbocycles. The van der Waals surface area contributed by atoms with Gasteiger partial charge in [-0.05, 0) is 76.2 Å². The van der Waals surface area contributed by atoms with Gasteiger partial charge in [-0.15, -0.1) is 0 Å². The van der Waals surface area contributed by atoms with Crippen molar-refractivity contribution in [1.29, 1.82) is 0 Å². The largest absolute Gasteiger partial charge is 0.462 e. The van der Waals surface area contributed by atoms with Crippen molar-refractivity contribution in [2.24, 2.45) is 0 Å². The molecule has 1 fully saturated rings. The first kappa shape index (κ1) is 19.9. The van der Waals surface area contributed by atoms with Gasteiger partial charge in [0.2, 0.25) is 0 Å². The zero-order chi connectivity index (χ0) is 17.3. The van der Waals surface area contributed by atoms with E-state index in [4.69, 9.17) is 11.6 Å². The van der Waals surface area contributed by atoms with E-state index in [1.807, 2.05) is 32.9 Å². The number of hydrogen-bond acceptors (Lipinski definition) is 4. The molecule has 5 heteroatoms. The molecule has 2 N–H and O–H groups in total. The van der Waals surface area contributed by atoms with Crippen molar-refractivity contribution < 1.29 is 14.6 Å². The highest BCUT2D eigenvalue weighted by Gasteiger charge is 2.32. The molecule has 0 aromatic heterocycles. The number of rotatable bonds is 4. The summed E-state index contributed by atoms with van der Waals surface area (Å²) < 4.78 is 4.55. The van der Waals surface area contributed by atoms with Crippen LogP contribution < -0.4 is 5.32 Å². The number of aliphatic hydroxyl groups excluding tert-OH is 1. The van der Waals surface area contributed by atoms with E-state index in [0.717, 1.165) is 37.4 Å². The van der Waals surface area contributed by atoms with Crippen LogP contribution in [0.15, 0.2) is 24.3 Å². The Kier molecular flexibility index (Phi) is 8.03. The second-order valence-corrected chi connectivity index (χ2v) is 7.27. The van der Waals surface area contributed by atoms with Gasteiger partial charge in [-0.2, -0.15) is 0 Å². The molecule has 0 saturated carbocycles. The van der Waals surface area contributed by atoms with Crippen molar-refractivity contribution in [3.05, 3.63) is 34.9 Å². The first-order valence-corrected chi connectivity index (χ1v) is 8.40. The lowest BCUT2D eigenvalue weighted by Gasteiger charge is -2.38. The number of nitrogens with one attached hydrogen (secondary N) is 1. The summed E-state index contributed by atoms with van der Waals surface area (Å²) in [6.45, 7) is 8.23. The third-order valence-electron chi connectivity index (χ3n) is 4.01. The van der Waals surface area contributed by atoms with Crippen molar-refractivity contribution in [3.8, 4) is 0 Å². The number of hydrogen-bond donors (Lipinski definition) is 2. The van der Waals surface area contributed by atoms with Crippen LogP contribution in [0.5, 0.6) is 0 Å². The zero-order valence-electron chi connectivity index (χ0n) is 14.3. The number of ether oxygens (including phenoxy) is 1. The molecule has 0 unspecified atom stereocenters. The van der Waals surface area contributed by atoms with Crippen LogP contribution in [0.2, 0.25) is 5.02 Å². The van der Waals surface area contributed by atoms with Crippen molar-refractivity contribution in [2.45, 2.75) is 51.0 Å². The van der Waals surface area contributed by atoms with Crippen LogP contribution in [-0.4, -0.2) is 36.9 Å². The minimum atomic E-state index is -0.318. The molecule has 23 heavy (non-hydrogen) atoms. The summed E-state index contributed by atoms with van der Waals surface area (Å²) in [5.74, 6) is 0. The van der Waals surface area contributed by atoms with Crippen molar-refractivity contribution in [1.82, 2.24) is 5.32 Å². The Morgan fingerprint density at radius 2 is 1.83 bits per heavy atom. The van der Waals surface area contributed by atoms with Gasteiger partial charge in [0.05, 0.1) is 0 Å². The Morgan fingerprint density at radius 3 is 2.22 bits per heavy atom. The maximum absolute atomic E-state index is 9.60. The second kappa shape index (κ2) is 9.26. The molecule has 0 amide bonds. The van der Waals surface area contributed by atoms with Gasteiger partial charge < -0.3 is 15.2 Å². The van der Waals surface area contributed by atoms with Gasteiger partial charge >= 0.3 is 0 Å². The summed E-state index contributed by atoms with van der Waals surface area (Å²) in [7, 11) is 0. The lowest BCUT2D eigenvalue weighted by Crippen LogP contribution is -2.40. The number of halogens is 1. The van der Waals surface area contributed by atoms with Crippen LogP contribution in [0.1, 0.15) is 45.6 Å². The molecule has 1 aliphatic heterocycles. The average molecular weight is 342 g/mol. The van der Waals surface area contributed by atoms with Crippen LogP contribution in [0.3, 0.4) is 0 Å². The van der Waals surface area contributed by atoms with Crippen LogP contribution in [0, 0.1) is 0 Å². The van der Waals surface area contributed by atoms with E-state index in [1.165, 1.54) is 5.56 Å². The smallest absolute Gasteiger partial charge is 0.293 e. The van der Waals surface area contributed by atoms with Gasteiger partial charge in [-0.1, -0.05) is 23.7 Å². The number of benzene rings is 1. The lowest BCUT2D eigenvalue weighted by atomic mass is 9.71. The summed E-state index contributed by atoms with van der Waals surface area (Å²) in [6.07, 6.45) is 3.03. The molecule has 0 bridgehead atoms. The minimum absolute atomic E-state index is 0.143. The highest BCUT2D eigenvalue weighted by Crippen LogP contribution is 2.36. The average Bonchev–Trinajstić information content (AvgIpc) is 2.48. The van der Waals surface area contributed by atoms with Crippen LogP contribution >= 0.6 is 11.6 Å². The molecule has 0 radical (unpaired) electrons. The quantitative estimate of drug-likeness (QED) is 0.825. The molecule has 1 aromatic rings. The summed E-state index contributed by atoms with van der Waals surface area (Å²) in [5.41, 5.74) is 1.14. The SMILES string of the molecule is CC(C)(C)OC=O.OCCC1(c2ccc(Cl)cc2)CCNCC1.